The normalized spacial score (nSPS) is 15.7. The van der Waals surface area contributed by atoms with Crippen LogP contribution in [0, 0.1) is 5.92 Å². The molecule has 0 N–H and O–H groups in total. The topological polar surface area (TPSA) is 46.6 Å². The highest BCUT2D eigenvalue weighted by molar-refractivity contribution is 9.09. The molecular formula is C18H32BrNO3. The second kappa shape index (κ2) is 12.8. The van der Waals surface area contributed by atoms with Crippen molar-refractivity contribution in [1.82, 2.24) is 4.90 Å². The summed E-state index contributed by atoms with van der Waals surface area (Å²) in [4.78, 5) is 25.4. The Kier molecular flexibility index (Phi) is 11.4. The van der Waals surface area contributed by atoms with Crippen molar-refractivity contribution in [2.24, 2.45) is 5.92 Å². The van der Waals surface area contributed by atoms with Crippen LogP contribution in [0.2, 0.25) is 0 Å². The summed E-state index contributed by atoms with van der Waals surface area (Å²) in [6, 6.07) is 0. The SMILES string of the molecule is CCCCCCCCCCOC(=O)C1CCN(C(=O)CBr)CC1. The molecule has 1 amide bonds. The molecule has 23 heavy (non-hydrogen) atoms. The Balaban J connectivity index is 1.99. The zero-order chi connectivity index (χ0) is 16.9. The van der Waals surface area contributed by atoms with Gasteiger partial charge in [-0.1, -0.05) is 67.8 Å². The number of hydrogen-bond acceptors (Lipinski definition) is 3. The number of alkyl halides is 1. The Morgan fingerprint density at radius 2 is 1.57 bits per heavy atom. The maximum Gasteiger partial charge on any atom is 0.309 e. The van der Waals surface area contributed by atoms with Crippen LogP contribution < -0.4 is 0 Å². The van der Waals surface area contributed by atoms with Crippen LogP contribution in [0.5, 0.6) is 0 Å². The lowest BCUT2D eigenvalue weighted by atomic mass is 9.97. The first-order valence-corrected chi connectivity index (χ1v) is 10.3. The second-order valence-electron chi connectivity index (χ2n) is 6.43. The van der Waals surface area contributed by atoms with Gasteiger partial charge in [0.05, 0.1) is 17.9 Å². The first kappa shape index (κ1) is 20.5. The molecule has 4 nitrogen and oxygen atoms in total. The van der Waals surface area contributed by atoms with Crippen LogP contribution >= 0.6 is 15.9 Å². The van der Waals surface area contributed by atoms with Gasteiger partial charge in [-0.05, 0) is 19.3 Å². The minimum atomic E-state index is -0.0705. The maximum atomic E-state index is 12.0. The molecule has 134 valence electrons. The van der Waals surface area contributed by atoms with Gasteiger partial charge in [0.2, 0.25) is 5.91 Å². The van der Waals surface area contributed by atoms with Gasteiger partial charge in [0.1, 0.15) is 0 Å². The van der Waals surface area contributed by atoms with E-state index in [2.05, 4.69) is 22.9 Å². The molecule has 1 heterocycles. The molecule has 1 fully saturated rings. The number of carbonyl (C=O) groups is 2. The van der Waals surface area contributed by atoms with Crippen LogP contribution in [-0.2, 0) is 14.3 Å². The van der Waals surface area contributed by atoms with Crippen LogP contribution in [0.3, 0.4) is 0 Å². The van der Waals surface area contributed by atoms with E-state index in [9.17, 15) is 9.59 Å². The van der Waals surface area contributed by atoms with Crippen LogP contribution in [0.15, 0.2) is 0 Å². The molecule has 0 aliphatic carbocycles. The first-order valence-electron chi connectivity index (χ1n) is 9.19. The van der Waals surface area contributed by atoms with Gasteiger partial charge < -0.3 is 9.64 Å². The molecule has 1 aliphatic heterocycles. The summed E-state index contributed by atoms with van der Waals surface area (Å²) in [7, 11) is 0. The third-order valence-corrected chi connectivity index (χ3v) is 5.02. The quantitative estimate of drug-likeness (QED) is 0.300. The third-order valence-electron chi connectivity index (χ3n) is 4.54. The highest BCUT2D eigenvalue weighted by Crippen LogP contribution is 2.19. The molecule has 0 unspecified atom stereocenters. The van der Waals surface area contributed by atoms with E-state index in [1.807, 2.05) is 4.90 Å². The zero-order valence-corrected chi connectivity index (χ0v) is 16.1. The van der Waals surface area contributed by atoms with Crippen LogP contribution in [0.4, 0.5) is 0 Å². The number of halogens is 1. The van der Waals surface area contributed by atoms with Gasteiger partial charge in [-0.3, -0.25) is 9.59 Å². The molecule has 5 heteroatoms. The Labute approximate surface area is 149 Å². The molecule has 0 aromatic rings. The summed E-state index contributed by atoms with van der Waals surface area (Å²) in [5.74, 6) is 0.0121. The van der Waals surface area contributed by atoms with Crippen molar-refractivity contribution < 1.29 is 14.3 Å². The number of piperidine rings is 1. The van der Waals surface area contributed by atoms with E-state index in [4.69, 9.17) is 4.74 Å². The van der Waals surface area contributed by atoms with Crippen molar-refractivity contribution in [1.29, 1.82) is 0 Å². The monoisotopic (exact) mass is 389 g/mol. The van der Waals surface area contributed by atoms with E-state index in [1.165, 1.54) is 38.5 Å². The van der Waals surface area contributed by atoms with Gasteiger partial charge in [-0.25, -0.2) is 0 Å². The molecule has 0 saturated carbocycles. The Bertz CT molecular complexity index is 341. The number of hydrogen-bond donors (Lipinski definition) is 0. The van der Waals surface area contributed by atoms with Crippen LogP contribution in [-0.4, -0.2) is 41.8 Å². The smallest absolute Gasteiger partial charge is 0.309 e. The van der Waals surface area contributed by atoms with E-state index in [-0.39, 0.29) is 17.8 Å². The number of nitrogens with zero attached hydrogens (tertiary/aromatic N) is 1. The number of amides is 1. The summed E-state index contributed by atoms with van der Waals surface area (Å²) >= 11 is 3.18. The molecule has 0 radical (unpaired) electrons. The molecule has 1 saturated heterocycles. The van der Waals surface area contributed by atoms with Gasteiger partial charge in [0.25, 0.3) is 0 Å². The highest BCUT2D eigenvalue weighted by atomic mass is 79.9. The van der Waals surface area contributed by atoms with Gasteiger partial charge in [-0.2, -0.15) is 0 Å². The van der Waals surface area contributed by atoms with Crippen LogP contribution in [0.1, 0.15) is 71.1 Å². The predicted molar refractivity (Wildman–Crippen MR) is 96.7 cm³/mol. The summed E-state index contributed by atoms with van der Waals surface area (Å²) < 4.78 is 5.40. The number of rotatable bonds is 11. The van der Waals surface area contributed by atoms with E-state index >= 15 is 0 Å². The number of unbranched alkanes of at least 4 members (excludes halogenated alkanes) is 7. The van der Waals surface area contributed by atoms with Crippen molar-refractivity contribution in [3.05, 3.63) is 0 Å². The van der Waals surface area contributed by atoms with Gasteiger partial charge >= 0.3 is 5.97 Å². The summed E-state index contributed by atoms with van der Waals surface area (Å²) in [6.07, 6.45) is 11.4. The molecular weight excluding hydrogens is 358 g/mol. The first-order chi connectivity index (χ1) is 11.2. The van der Waals surface area contributed by atoms with Gasteiger partial charge in [-0.15, -0.1) is 0 Å². The number of likely N-dealkylation sites (tertiary alicyclic amines) is 1. The lowest BCUT2D eigenvalue weighted by Gasteiger charge is -2.30. The van der Waals surface area contributed by atoms with Crippen molar-refractivity contribution >= 4 is 27.8 Å². The van der Waals surface area contributed by atoms with E-state index < -0.39 is 0 Å². The minimum absolute atomic E-state index is 0.0246. The van der Waals surface area contributed by atoms with Crippen molar-refractivity contribution in [3.8, 4) is 0 Å². The molecule has 0 aromatic heterocycles. The fourth-order valence-corrected chi connectivity index (χ4v) is 3.33. The van der Waals surface area contributed by atoms with Crippen molar-refractivity contribution in [2.45, 2.75) is 71.1 Å². The number of ether oxygens (including phenoxy) is 1. The summed E-state index contributed by atoms with van der Waals surface area (Å²) in [5.41, 5.74) is 0. The Morgan fingerprint density at radius 1 is 1.00 bits per heavy atom. The second-order valence-corrected chi connectivity index (χ2v) is 6.99. The van der Waals surface area contributed by atoms with Crippen molar-refractivity contribution in [2.75, 3.05) is 25.0 Å². The molecule has 0 bridgehead atoms. The standard InChI is InChI=1S/C18H32BrNO3/c1-2-3-4-5-6-7-8-9-14-23-18(22)16-10-12-20(13-11-16)17(21)15-19/h16H,2-15H2,1H3. The maximum absolute atomic E-state index is 12.0. The Hall–Kier alpha value is -0.580. The molecule has 1 aliphatic rings. The lowest BCUT2D eigenvalue weighted by molar-refractivity contribution is -0.151. The van der Waals surface area contributed by atoms with E-state index in [0.29, 0.717) is 25.0 Å². The van der Waals surface area contributed by atoms with Crippen molar-refractivity contribution in [3.63, 3.8) is 0 Å². The van der Waals surface area contributed by atoms with E-state index in [0.717, 1.165) is 25.7 Å². The Morgan fingerprint density at radius 3 is 2.13 bits per heavy atom. The predicted octanol–water partition coefficient (Wildman–Crippen LogP) is 4.30. The minimum Gasteiger partial charge on any atom is -0.465 e. The number of carbonyl (C=O) groups excluding carboxylic acids is 2. The number of esters is 1. The lowest BCUT2D eigenvalue weighted by Crippen LogP contribution is -2.41. The largest absolute Gasteiger partial charge is 0.465 e. The van der Waals surface area contributed by atoms with E-state index in [1.54, 1.807) is 0 Å². The summed E-state index contributed by atoms with van der Waals surface area (Å²) in [5, 5.41) is 0.362. The van der Waals surface area contributed by atoms with Crippen LogP contribution in [0.25, 0.3) is 0 Å². The zero-order valence-electron chi connectivity index (χ0n) is 14.5. The van der Waals surface area contributed by atoms with Gasteiger partial charge in [0.15, 0.2) is 0 Å². The molecule has 0 spiro atoms. The third kappa shape index (κ3) is 8.73. The molecule has 0 atom stereocenters. The fraction of sp³-hybridized carbons (Fsp3) is 0.889. The average molecular weight is 390 g/mol. The molecule has 1 rings (SSSR count). The average Bonchev–Trinajstić information content (AvgIpc) is 2.59. The molecule has 0 aromatic carbocycles. The summed E-state index contributed by atoms with van der Waals surface area (Å²) in [6.45, 7) is 4.12. The fourth-order valence-electron chi connectivity index (χ4n) is 2.98. The van der Waals surface area contributed by atoms with Gasteiger partial charge in [0, 0.05) is 13.1 Å². The highest BCUT2D eigenvalue weighted by Gasteiger charge is 2.27.